The smallest absolute Gasteiger partial charge is 0.254 e. The summed E-state index contributed by atoms with van der Waals surface area (Å²) in [7, 11) is 0. The van der Waals surface area contributed by atoms with Gasteiger partial charge in [0.25, 0.3) is 5.91 Å². The summed E-state index contributed by atoms with van der Waals surface area (Å²) in [6.45, 7) is 4.82. The lowest BCUT2D eigenvalue weighted by Gasteiger charge is -2.25. The molecular weight excluding hydrogens is 342 g/mol. The molecule has 6 nitrogen and oxygen atoms in total. The van der Waals surface area contributed by atoms with Crippen LogP contribution in [0.25, 0.3) is 11.3 Å². The fourth-order valence-corrected chi connectivity index (χ4v) is 3.86. The molecule has 6 heteroatoms. The van der Waals surface area contributed by atoms with Crippen molar-refractivity contribution in [3.63, 3.8) is 0 Å². The summed E-state index contributed by atoms with van der Waals surface area (Å²) in [5, 5.41) is 2.36. The van der Waals surface area contributed by atoms with E-state index < -0.39 is 0 Å². The zero-order valence-corrected chi connectivity index (χ0v) is 15.4. The van der Waals surface area contributed by atoms with E-state index in [0.29, 0.717) is 31.5 Å². The molecule has 1 aromatic heterocycles. The van der Waals surface area contributed by atoms with Crippen LogP contribution in [0.3, 0.4) is 0 Å². The van der Waals surface area contributed by atoms with Crippen LogP contribution in [0, 0.1) is 19.8 Å². The number of hydrogen-bond acceptors (Lipinski definition) is 4. The second-order valence-corrected chi connectivity index (χ2v) is 7.38. The first-order valence-electron chi connectivity index (χ1n) is 9.12. The molecule has 0 radical (unpaired) electrons. The summed E-state index contributed by atoms with van der Waals surface area (Å²) >= 11 is 0. The SMILES string of the molecule is Cc1cc(C)nc(-c2ccc3c(c2)CN(CC2CCC(=O)NC2=O)C3=O)c1. The topological polar surface area (TPSA) is 79.4 Å². The van der Waals surface area contributed by atoms with E-state index in [4.69, 9.17) is 0 Å². The Balaban J connectivity index is 1.55. The van der Waals surface area contributed by atoms with Gasteiger partial charge in [0.05, 0.1) is 11.6 Å². The lowest BCUT2D eigenvalue weighted by Crippen LogP contribution is -2.45. The van der Waals surface area contributed by atoms with Gasteiger partial charge in [0.1, 0.15) is 0 Å². The van der Waals surface area contributed by atoms with Crippen molar-refractivity contribution >= 4 is 17.7 Å². The molecule has 0 bridgehead atoms. The van der Waals surface area contributed by atoms with Crippen molar-refractivity contribution in [2.75, 3.05) is 6.54 Å². The van der Waals surface area contributed by atoms with E-state index in [0.717, 1.165) is 28.1 Å². The van der Waals surface area contributed by atoms with E-state index in [1.807, 2.05) is 44.2 Å². The van der Waals surface area contributed by atoms with Crippen LogP contribution in [0.15, 0.2) is 30.3 Å². The molecule has 1 saturated heterocycles. The second-order valence-electron chi connectivity index (χ2n) is 7.38. The third-order valence-corrected chi connectivity index (χ3v) is 5.17. The lowest BCUT2D eigenvalue weighted by atomic mass is 9.97. The van der Waals surface area contributed by atoms with Gasteiger partial charge in [-0.05, 0) is 55.7 Å². The number of benzene rings is 1. The summed E-state index contributed by atoms with van der Waals surface area (Å²) in [6, 6.07) is 9.85. The summed E-state index contributed by atoms with van der Waals surface area (Å²) in [6.07, 6.45) is 0.816. The molecule has 2 aromatic rings. The largest absolute Gasteiger partial charge is 0.333 e. The summed E-state index contributed by atoms with van der Waals surface area (Å²) in [4.78, 5) is 42.3. The number of amides is 3. The van der Waals surface area contributed by atoms with Gasteiger partial charge in [-0.3, -0.25) is 24.7 Å². The Hall–Kier alpha value is -3.02. The molecule has 1 aromatic carbocycles. The number of nitrogens with one attached hydrogen (secondary N) is 1. The summed E-state index contributed by atoms with van der Waals surface area (Å²) in [5.41, 5.74) is 5.61. The van der Waals surface area contributed by atoms with Crippen LogP contribution in [-0.2, 0) is 16.1 Å². The van der Waals surface area contributed by atoms with E-state index in [2.05, 4.69) is 10.3 Å². The minimum absolute atomic E-state index is 0.0605. The molecule has 3 amide bonds. The molecule has 4 rings (SSSR count). The van der Waals surface area contributed by atoms with Crippen LogP contribution in [-0.4, -0.2) is 34.2 Å². The number of aromatic nitrogens is 1. The van der Waals surface area contributed by atoms with Crippen molar-refractivity contribution in [3.8, 4) is 11.3 Å². The fraction of sp³-hybridized carbons (Fsp3) is 0.333. The van der Waals surface area contributed by atoms with E-state index in [1.54, 1.807) is 4.90 Å². The number of carbonyl (C=O) groups is 3. The highest BCUT2D eigenvalue weighted by Gasteiger charge is 2.34. The third kappa shape index (κ3) is 3.35. The summed E-state index contributed by atoms with van der Waals surface area (Å²) < 4.78 is 0. The van der Waals surface area contributed by atoms with Crippen molar-refractivity contribution in [2.45, 2.75) is 33.2 Å². The monoisotopic (exact) mass is 363 g/mol. The Kier molecular flexibility index (Phi) is 4.26. The van der Waals surface area contributed by atoms with Gasteiger partial charge in [-0.2, -0.15) is 0 Å². The van der Waals surface area contributed by atoms with E-state index in [9.17, 15) is 14.4 Å². The van der Waals surface area contributed by atoms with Crippen LogP contribution in [0.5, 0.6) is 0 Å². The molecule has 2 aliphatic heterocycles. The Bertz CT molecular complexity index is 947. The quantitative estimate of drug-likeness (QED) is 0.849. The van der Waals surface area contributed by atoms with Crippen molar-refractivity contribution in [1.82, 2.24) is 15.2 Å². The molecule has 27 heavy (non-hydrogen) atoms. The van der Waals surface area contributed by atoms with Crippen LogP contribution in [0.2, 0.25) is 0 Å². The van der Waals surface area contributed by atoms with Gasteiger partial charge in [-0.25, -0.2) is 0 Å². The third-order valence-electron chi connectivity index (χ3n) is 5.17. The molecule has 0 spiro atoms. The zero-order valence-electron chi connectivity index (χ0n) is 15.4. The van der Waals surface area contributed by atoms with Crippen molar-refractivity contribution in [3.05, 3.63) is 52.7 Å². The number of pyridine rings is 1. The van der Waals surface area contributed by atoms with E-state index in [1.165, 1.54) is 0 Å². The molecular formula is C21H21N3O3. The van der Waals surface area contributed by atoms with Gasteiger partial charge in [0.2, 0.25) is 11.8 Å². The van der Waals surface area contributed by atoms with Crippen molar-refractivity contribution in [2.24, 2.45) is 5.92 Å². The number of hydrogen-bond donors (Lipinski definition) is 1. The minimum Gasteiger partial charge on any atom is -0.333 e. The Morgan fingerprint density at radius 1 is 1.15 bits per heavy atom. The Labute approximate surface area is 157 Å². The predicted octanol–water partition coefficient (Wildman–Crippen LogP) is 2.37. The normalized spacial score (nSPS) is 19.3. The van der Waals surface area contributed by atoms with Gasteiger partial charge >= 0.3 is 0 Å². The van der Waals surface area contributed by atoms with Gasteiger partial charge in [0, 0.05) is 36.3 Å². The number of piperidine rings is 1. The van der Waals surface area contributed by atoms with Gasteiger partial charge in [-0.15, -0.1) is 0 Å². The van der Waals surface area contributed by atoms with Crippen LogP contribution in [0.4, 0.5) is 0 Å². The molecule has 1 fully saturated rings. The first-order valence-corrected chi connectivity index (χ1v) is 9.12. The van der Waals surface area contributed by atoms with Crippen LogP contribution in [0.1, 0.15) is 40.0 Å². The standard InChI is InChI=1S/C21H21N3O3/c1-12-7-13(2)22-18(8-12)14-3-5-17-16(9-14)11-24(21(17)27)10-15-4-6-19(25)23-20(15)26/h3,5,7-9,15H,4,6,10-11H2,1-2H3,(H,23,25,26). The highest BCUT2D eigenvalue weighted by molar-refractivity contribution is 6.01. The van der Waals surface area contributed by atoms with Gasteiger partial charge in [-0.1, -0.05) is 6.07 Å². The zero-order chi connectivity index (χ0) is 19.1. The van der Waals surface area contributed by atoms with Gasteiger partial charge in [0.15, 0.2) is 0 Å². The molecule has 1 unspecified atom stereocenters. The maximum Gasteiger partial charge on any atom is 0.254 e. The number of imide groups is 1. The average molecular weight is 363 g/mol. The van der Waals surface area contributed by atoms with E-state index >= 15 is 0 Å². The minimum atomic E-state index is -0.332. The lowest BCUT2D eigenvalue weighted by molar-refractivity contribution is -0.136. The first-order chi connectivity index (χ1) is 12.9. The van der Waals surface area contributed by atoms with Crippen molar-refractivity contribution < 1.29 is 14.4 Å². The first kappa shape index (κ1) is 17.4. The molecule has 2 aliphatic rings. The molecule has 0 aliphatic carbocycles. The van der Waals surface area contributed by atoms with Crippen LogP contribution >= 0.6 is 0 Å². The highest BCUT2D eigenvalue weighted by Crippen LogP contribution is 2.29. The second kappa shape index (κ2) is 6.61. The number of nitrogens with zero attached hydrogens (tertiary/aromatic N) is 2. The predicted molar refractivity (Wildman–Crippen MR) is 99.8 cm³/mol. The Morgan fingerprint density at radius 3 is 2.70 bits per heavy atom. The Morgan fingerprint density at radius 2 is 1.96 bits per heavy atom. The highest BCUT2D eigenvalue weighted by atomic mass is 16.2. The maximum absolute atomic E-state index is 12.7. The molecule has 1 N–H and O–H groups in total. The number of fused-ring (bicyclic) bond motifs is 1. The molecule has 3 heterocycles. The van der Waals surface area contributed by atoms with Gasteiger partial charge < -0.3 is 4.90 Å². The number of rotatable bonds is 3. The molecule has 0 saturated carbocycles. The van der Waals surface area contributed by atoms with Crippen LogP contribution < -0.4 is 5.32 Å². The number of carbonyl (C=O) groups excluding carboxylic acids is 3. The maximum atomic E-state index is 12.7. The van der Waals surface area contributed by atoms with E-state index in [-0.39, 0.29) is 23.6 Å². The average Bonchev–Trinajstić information content (AvgIpc) is 2.92. The molecule has 1 atom stereocenters. The van der Waals surface area contributed by atoms with Crippen molar-refractivity contribution in [1.29, 1.82) is 0 Å². The fourth-order valence-electron chi connectivity index (χ4n) is 3.86. The molecule has 138 valence electrons. The number of aryl methyl sites for hydroxylation is 2. The summed E-state index contributed by atoms with van der Waals surface area (Å²) in [5.74, 6) is -0.913.